The van der Waals surface area contributed by atoms with Crippen molar-refractivity contribution in [1.29, 1.82) is 0 Å². The van der Waals surface area contributed by atoms with Crippen molar-refractivity contribution in [3.05, 3.63) is 52.2 Å². The maximum Gasteiger partial charge on any atom is 0.191 e. The lowest BCUT2D eigenvalue weighted by molar-refractivity contribution is 0.146. The highest BCUT2D eigenvalue weighted by molar-refractivity contribution is 14.0. The van der Waals surface area contributed by atoms with Gasteiger partial charge in [-0.05, 0) is 36.1 Å². The van der Waals surface area contributed by atoms with Gasteiger partial charge in [0.25, 0.3) is 0 Å². The van der Waals surface area contributed by atoms with Crippen LogP contribution in [0.2, 0.25) is 0 Å². The highest BCUT2D eigenvalue weighted by atomic mass is 127. The molecule has 1 aromatic heterocycles. The van der Waals surface area contributed by atoms with Crippen LogP contribution in [0.25, 0.3) is 0 Å². The molecule has 1 aromatic carbocycles. The zero-order valence-corrected chi connectivity index (χ0v) is 20.3. The van der Waals surface area contributed by atoms with Crippen LogP contribution in [-0.2, 0) is 16.7 Å². The minimum absolute atomic E-state index is 0. The summed E-state index contributed by atoms with van der Waals surface area (Å²) in [6.07, 6.45) is 0. The van der Waals surface area contributed by atoms with E-state index in [1.165, 1.54) is 4.88 Å². The van der Waals surface area contributed by atoms with Gasteiger partial charge in [0.1, 0.15) is 12.4 Å². The molecule has 5 nitrogen and oxygen atoms in total. The highest BCUT2D eigenvalue weighted by Crippen LogP contribution is 2.26. The molecule has 7 heteroatoms. The summed E-state index contributed by atoms with van der Waals surface area (Å²) in [6, 6.07) is 12.3. The van der Waals surface area contributed by atoms with Crippen LogP contribution in [0.3, 0.4) is 0 Å². The van der Waals surface area contributed by atoms with Gasteiger partial charge in [0, 0.05) is 30.5 Å². The van der Waals surface area contributed by atoms with Gasteiger partial charge in [-0.1, -0.05) is 32.0 Å². The van der Waals surface area contributed by atoms with Crippen molar-refractivity contribution in [3.63, 3.8) is 0 Å². The number of hydrogen-bond acceptors (Lipinski definition) is 4. The predicted octanol–water partition coefficient (Wildman–Crippen LogP) is 4.42. The Hall–Kier alpha value is -1.32. The fourth-order valence-corrected chi connectivity index (χ4v) is 3.35. The summed E-state index contributed by atoms with van der Waals surface area (Å²) >= 11 is 1.79. The molecule has 0 fully saturated rings. The van der Waals surface area contributed by atoms with Gasteiger partial charge in [-0.25, -0.2) is 4.99 Å². The number of guanidine groups is 1. The van der Waals surface area contributed by atoms with Crippen LogP contribution in [-0.4, -0.2) is 39.4 Å². The molecular formula is C21H32IN3O2S. The summed E-state index contributed by atoms with van der Waals surface area (Å²) in [6.45, 7) is 9.99. The van der Waals surface area contributed by atoms with Crippen LogP contribution in [0.5, 0.6) is 5.75 Å². The van der Waals surface area contributed by atoms with Gasteiger partial charge in [0.15, 0.2) is 5.96 Å². The van der Waals surface area contributed by atoms with Crippen LogP contribution in [0.15, 0.2) is 46.8 Å². The molecule has 2 aromatic rings. The van der Waals surface area contributed by atoms with E-state index in [9.17, 15) is 0 Å². The van der Waals surface area contributed by atoms with E-state index < -0.39 is 0 Å². The van der Waals surface area contributed by atoms with Crippen molar-refractivity contribution in [2.24, 2.45) is 4.99 Å². The summed E-state index contributed by atoms with van der Waals surface area (Å²) in [4.78, 5) is 6.08. The molecule has 0 aliphatic heterocycles. The van der Waals surface area contributed by atoms with Crippen LogP contribution in [0.1, 0.15) is 31.2 Å². The second-order valence-electron chi connectivity index (χ2n) is 6.90. The molecule has 28 heavy (non-hydrogen) atoms. The van der Waals surface area contributed by atoms with E-state index in [4.69, 9.17) is 14.5 Å². The number of methoxy groups -OCH3 is 1. The van der Waals surface area contributed by atoms with E-state index in [2.05, 4.69) is 48.9 Å². The summed E-state index contributed by atoms with van der Waals surface area (Å²) in [5, 5.41) is 8.92. The third-order valence-electron chi connectivity index (χ3n) is 4.13. The Morgan fingerprint density at radius 3 is 2.46 bits per heavy atom. The summed E-state index contributed by atoms with van der Waals surface area (Å²) in [5.41, 5.74) is 1.20. The first-order valence-electron chi connectivity index (χ1n) is 9.32. The first-order chi connectivity index (χ1) is 13.0. The molecule has 2 N–H and O–H groups in total. The van der Waals surface area contributed by atoms with E-state index >= 15 is 0 Å². The number of thiophene rings is 1. The number of benzene rings is 1. The number of aliphatic imine (C=N–C) groups is 1. The van der Waals surface area contributed by atoms with E-state index in [-0.39, 0.29) is 29.4 Å². The molecule has 1 heterocycles. The van der Waals surface area contributed by atoms with Crippen molar-refractivity contribution in [2.75, 3.05) is 33.4 Å². The lowest BCUT2D eigenvalue weighted by Gasteiger charge is -2.25. The monoisotopic (exact) mass is 517 g/mol. The van der Waals surface area contributed by atoms with Crippen molar-refractivity contribution in [1.82, 2.24) is 10.6 Å². The van der Waals surface area contributed by atoms with E-state index in [1.54, 1.807) is 18.4 Å². The van der Waals surface area contributed by atoms with Gasteiger partial charge in [0.05, 0.1) is 13.2 Å². The SMILES string of the molecule is CCNC(=NCc1ccc(OCCOC)cc1)NCC(C)(C)c1cccs1.I. The molecule has 156 valence electrons. The molecule has 0 saturated carbocycles. The minimum atomic E-state index is 0. The number of halogens is 1. The molecule has 0 atom stereocenters. The van der Waals surface area contributed by atoms with Crippen molar-refractivity contribution in [3.8, 4) is 5.75 Å². The molecule has 0 saturated heterocycles. The number of hydrogen-bond donors (Lipinski definition) is 2. The normalized spacial score (nSPS) is 11.6. The lowest BCUT2D eigenvalue weighted by atomic mass is 9.91. The van der Waals surface area contributed by atoms with Crippen LogP contribution < -0.4 is 15.4 Å². The van der Waals surface area contributed by atoms with Gasteiger partial charge >= 0.3 is 0 Å². The average Bonchev–Trinajstić information content (AvgIpc) is 3.21. The Morgan fingerprint density at radius 2 is 1.86 bits per heavy atom. The number of ether oxygens (including phenoxy) is 2. The fourth-order valence-electron chi connectivity index (χ4n) is 2.50. The maximum absolute atomic E-state index is 5.59. The van der Waals surface area contributed by atoms with Gasteiger partial charge in [0.2, 0.25) is 0 Å². The van der Waals surface area contributed by atoms with E-state index in [1.807, 2.05) is 24.3 Å². The molecule has 0 spiro atoms. The zero-order chi connectivity index (χ0) is 19.5. The molecule has 0 aliphatic rings. The lowest BCUT2D eigenvalue weighted by Crippen LogP contribution is -2.43. The van der Waals surface area contributed by atoms with Crippen molar-refractivity contribution in [2.45, 2.75) is 32.7 Å². The predicted molar refractivity (Wildman–Crippen MR) is 129 cm³/mol. The van der Waals surface area contributed by atoms with E-state index in [0.717, 1.165) is 30.4 Å². The smallest absolute Gasteiger partial charge is 0.191 e. The molecule has 2 rings (SSSR count). The Labute approximate surface area is 190 Å². The van der Waals surface area contributed by atoms with Crippen LogP contribution in [0, 0.1) is 0 Å². The van der Waals surface area contributed by atoms with Crippen molar-refractivity contribution < 1.29 is 9.47 Å². The average molecular weight is 517 g/mol. The molecule has 0 bridgehead atoms. The largest absolute Gasteiger partial charge is 0.491 e. The quantitative estimate of drug-likeness (QED) is 0.212. The van der Waals surface area contributed by atoms with Gasteiger partial charge in [-0.3, -0.25) is 0 Å². The van der Waals surface area contributed by atoms with E-state index in [0.29, 0.717) is 19.8 Å². The topological polar surface area (TPSA) is 54.9 Å². The first kappa shape index (κ1) is 24.7. The molecule has 0 unspecified atom stereocenters. The third-order valence-corrected chi connectivity index (χ3v) is 5.37. The second-order valence-corrected chi connectivity index (χ2v) is 7.84. The maximum atomic E-state index is 5.59. The van der Waals surface area contributed by atoms with Gasteiger partial charge in [-0.15, -0.1) is 35.3 Å². The molecule has 0 amide bonds. The molecule has 0 radical (unpaired) electrons. The molecular weight excluding hydrogens is 485 g/mol. The second kappa shape index (κ2) is 13.0. The number of nitrogens with zero attached hydrogens (tertiary/aromatic N) is 1. The zero-order valence-electron chi connectivity index (χ0n) is 17.2. The Balaban J connectivity index is 0.00000392. The fraction of sp³-hybridized carbons (Fsp3) is 0.476. The van der Waals surface area contributed by atoms with Crippen molar-refractivity contribution >= 4 is 41.3 Å². The third kappa shape index (κ3) is 8.36. The first-order valence-corrected chi connectivity index (χ1v) is 10.2. The summed E-state index contributed by atoms with van der Waals surface area (Å²) in [5.74, 6) is 1.69. The minimum Gasteiger partial charge on any atom is -0.491 e. The highest BCUT2D eigenvalue weighted by Gasteiger charge is 2.21. The molecule has 0 aliphatic carbocycles. The summed E-state index contributed by atoms with van der Waals surface area (Å²) < 4.78 is 10.6. The van der Waals surface area contributed by atoms with Crippen LogP contribution in [0.4, 0.5) is 0 Å². The van der Waals surface area contributed by atoms with Crippen LogP contribution >= 0.6 is 35.3 Å². The Bertz CT molecular complexity index is 688. The van der Waals surface area contributed by atoms with Gasteiger partial charge in [-0.2, -0.15) is 0 Å². The van der Waals surface area contributed by atoms with Gasteiger partial charge < -0.3 is 20.1 Å². The number of rotatable bonds is 10. The Morgan fingerprint density at radius 1 is 1.11 bits per heavy atom. The number of nitrogens with one attached hydrogen (secondary N) is 2. The standard InChI is InChI=1S/C21H31N3O2S.HI/c1-5-22-20(24-16-21(2,3)19-7-6-14-27-19)23-15-17-8-10-18(11-9-17)26-13-12-25-4;/h6-11,14H,5,12-13,15-16H2,1-4H3,(H2,22,23,24);1H. The Kier molecular flexibility index (Phi) is 11.5. The summed E-state index contributed by atoms with van der Waals surface area (Å²) in [7, 11) is 1.67.